The number of nitrogens with zero attached hydrogens (tertiary/aromatic N) is 7. The van der Waals surface area contributed by atoms with E-state index in [4.69, 9.17) is 4.74 Å². The fourth-order valence-electron chi connectivity index (χ4n) is 5.66. The van der Waals surface area contributed by atoms with Crippen molar-refractivity contribution in [2.75, 3.05) is 20.2 Å². The molecule has 1 unspecified atom stereocenters. The fourth-order valence-corrected chi connectivity index (χ4v) is 5.66. The number of hydrogen-bond donors (Lipinski definition) is 1. The Labute approximate surface area is 240 Å². The maximum atomic E-state index is 13.9. The zero-order valence-corrected chi connectivity index (χ0v) is 23.4. The van der Waals surface area contributed by atoms with Crippen molar-refractivity contribution in [1.29, 1.82) is 0 Å². The molecule has 0 bridgehead atoms. The number of carbonyl (C=O) groups excluding carboxylic acids is 1. The van der Waals surface area contributed by atoms with Crippen molar-refractivity contribution >= 4 is 23.1 Å². The third-order valence-electron chi connectivity index (χ3n) is 7.84. The monoisotopic (exact) mass is 567 g/mol. The number of aryl methyl sites for hydroxylation is 1. The molecule has 1 fully saturated rings. The third-order valence-corrected chi connectivity index (χ3v) is 7.84. The predicted octanol–water partition coefficient (Wildman–Crippen LogP) is 3.22. The van der Waals surface area contributed by atoms with Crippen LogP contribution in [0.3, 0.4) is 0 Å². The first-order valence-electron chi connectivity index (χ1n) is 13.5. The molecule has 1 atom stereocenters. The summed E-state index contributed by atoms with van der Waals surface area (Å²) >= 11 is 0. The van der Waals surface area contributed by atoms with Crippen molar-refractivity contribution in [1.82, 2.24) is 33.6 Å². The summed E-state index contributed by atoms with van der Waals surface area (Å²) in [7, 11) is 3.04. The molecule has 42 heavy (non-hydrogen) atoms. The summed E-state index contributed by atoms with van der Waals surface area (Å²) < 4.78 is 9.78. The average molecular weight is 568 g/mol. The van der Waals surface area contributed by atoms with Gasteiger partial charge in [0.1, 0.15) is 11.5 Å². The quantitative estimate of drug-likeness (QED) is 0.294. The molecular weight excluding hydrogens is 538 g/mol. The van der Waals surface area contributed by atoms with Crippen molar-refractivity contribution in [2.45, 2.75) is 25.9 Å². The number of hydrogen-bond acceptors (Lipinski definition) is 8. The Morgan fingerprint density at radius 1 is 1.10 bits per heavy atom. The molecule has 0 aliphatic carbocycles. The van der Waals surface area contributed by atoms with Crippen LogP contribution in [0.4, 0.5) is 0 Å². The first-order valence-corrected chi connectivity index (χ1v) is 13.5. The largest absolute Gasteiger partial charge is 0.477 e. The standard InChI is InChI=1S/C30H29N7O5/c1-18-13-19(29(40)42-3)6-8-22(18)23-9-7-20(14-32-23)36-24-5-4-11-31-27(24)37(30(36)41)21-10-12-35(16-21)17-26-33-15-25(28(38)39)34(26)2/h4-9,11,13-15,21H,10,12,16-17H2,1-3H3,(H,38,39). The normalized spacial score (nSPS) is 15.4. The second kappa shape index (κ2) is 10.7. The lowest BCUT2D eigenvalue weighted by molar-refractivity contribution is 0.0599. The fraction of sp³-hybridized carbons (Fsp3) is 0.267. The molecule has 1 aliphatic rings. The number of aromatic nitrogens is 6. The van der Waals surface area contributed by atoms with Crippen LogP contribution in [0, 0.1) is 6.92 Å². The van der Waals surface area contributed by atoms with E-state index >= 15 is 0 Å². The smallest absolute Gasteiger partial charge is 0.354 e. The minimum absolute atomic E-state index is 0.112. The number of aromatic carboxylic acids is 1. The van der Waals surface area contributed by atoms with Gasteiger partial charge in [0.2, 0.25) is 0 Å². The number of imidazole rings is 2. The summed E-state index contributed by atoms with van der Waals surface area (Å²) in [5, 5.41) is 9.34. The van der Waals surface area contributed by atoms with Gasteiger partial charge in [0, 0.05) is 31.9 Å². The average Bonchev–Trinajstić information content (AvgIpc) is 3.68. The molecule has 1 saturated heterocycles. The van der Waals surface area contributed by atoms with E-state index in [0.29, 0.717) is 47.0 Å². The van der Waals surface area contributed by atoms with E-state index in [-0.39, 0.29) is 17.4 Å². The summed E-state index contributed by atoms with van der Waals surface area (Å²) in [5.41, 5.74) is 4.78. The van der Waals surface area contributed by atoms with Crippen LogP contribution in [-0.2, 0) is 18.3 Å². The van der Waals surface area contributed by atoms with Gasteiger partial charge < -0.3 is 14.4 Å². The van der Waals surface area contributed by atoms with E-state index in [1.165, 1.54) is 13.3 Å². The van der Waals surface area contributed by atoms with Gasteiger partial charge in [-0.15, -0.1) is 0 Å². The Bertz CT molecular complexity index is 1890. The zero-order chi connectivity index (χ0) is 29.5. The maximum Gasteiger partial charge on any atom is 0.354 e. The predicted molar refractivity (Wildman–Crippen MR) is 154 cm³/mol. The Morgan fingerprint density at radius 2 is 1.93 bits per heavy atom. The van der Waals surface area contributed by atoms with Crippen molar-refractivity contribution in [2.24, 2.45) is 7.05 Å². The molecule has 12 nitrogen and oxygen atoms in total. The zero-order valence-electron chi connectivity index (χ0n) is 23.4. The number of carboxylic acids is 1. The van der Waals surface area contributed by atoms with E-state index in [2.05, 4.69) is 19.9 Å². The summed E-state index contributed by atoms with van der Waals surface area (Å²) in [5.74, 6) is -0.760. The number of pyridine rings is 2. The molecule has 6 rings (SSSR count). The maximum absolute atomic E-state index is 13.9. The number of rotatable bonds is 7. The van der Waals surface area contributed by atoms with Crippen LogP contribution in [0.5, 0.6) is 0 Å². The molecule has 1 aliphatic heterocycles. The number of likely N-dealkylation sites (tertiary alicyclic amines) is 1. The van der Waals surface area contributed by atoms with Crippen molar-refractivity contribution in [3.63, 3.8) is 0 Å². The van der Waals surface area contributed by atoms with Gasteiger partial charge in [-0.3, -0.25) is 19.0 Å². The molecule has 4 aromatic heterocycles. The number of carboxylic acid groups (broad SMARTS) is 1. The highest BCUT2D eigenvalue weighted by atomic mass is 16.5. The van der Waals surface area contributed by atoms with Gasteiger partial charge in [-0.25, -0.2) is 24.4 Å². The first kappa shape index (κ1) is 27.1. The van der Waals surface area contributed by atoms with Crippen LogP contribution >= 0.6 is 0 Å². The molecule has 0 radical (unpaired) electrons. The van der Waals surface area contributed by atoms with E-state index in [0.717, 1.165) is 24.1 Å². The SMILES string of the molecule is COC(=O)c1ccc(-c2ccc(-n3c(=O)n(C4CCN(Cc5ncc(C(=O)O)n5C)C4)c4ncccc43)cn2)c(C)c1. The third kappa shape index (κ3) is 4.65. The van der Waals surface area contributed by atoms with Crippen LogP contribution in [0.25, 0.3) is 28.1 Å². The van der Waals surface area contributed by atoms with Gasteiger partial charge >= 0.3 is 17.6 Å². The molecular formula is C30H29N7O5. The molecule has 5 heterocycles. The van der Waals surface area contributed by atoms with Crippen LogP contribution in [0.1, 0.15) is 44.7 Å². The molecule has 1 aromatic carbocycles. The van der Waals surface area contributed by atoms with E-state index in [1.807, 2.05) is 31.2 Å². The summed E-state index contributed by atoms with van der Waals surface area (Å²) in [6, 6.07) is 12.6. The highest BCUT2D eigenvalue weighted by molar-refractivity contribution is 5.90. The van der Waals surface area contributed by atoms with Gasteiger partial charge in [-0.05, 0) is 55.3 Å². The summed E-state index contributed by atoms with van der Waals surface area (Å²) in [6.45, 7) is 3.72. The van der Waals surface area contributed by atoms with Crippen molar-refractivity contribution < 1.29 is 19.4 Å². The molecule has 12 heteroatoms. The Morgan fingerprint density at radius 3 is 2.62 bits per heavy atom. The number of ether oxygens (including phenoxy) is 1. The van der Waals surface area contributed by atoms with Gasteiger partial charge in [-0.1, -0.05) is 6.07 Å². The van der Waals surface area contributed by atoms with Crippen LogP contribution in [0.15, 0.2) is 65.8 Å². The number of fused-ring (bicyclic) bond motifs is 1. The Hall–Kier alpha value is -5.10. The lowest BCUT2D eigenvalue weighted by Gasteiger charge is -2.16. The number of methoxy groups -OCH3 is 1. The van der Waals surface area contributed by atoms with E-state index < -0.39 is 11.9 Å². The highest BCUT2D eigenvalue weighted by Gasteiger charge is 2.30. The van der Waals surface area contributed by atoms with Gasteiger partial charge in [0.05, 0.1) is 54.6 Å². The molecule has 0 saturated carbocycles. The van der Waals surface area contributed by atoms with E-state index in [1.54, 1.807) is 51.3 Å². The molecule has 5 aromatic rings. The van der Waals surface area contributed by atoms with Crippen molar-refractivity contribution in [3.05, 3.63) is 94.2 Å². The second-order valence-corrected chi connectivity index (χ2v) is 10.4. The van der Waals surface area contributed by atoms with Gasteiger partial charge in [0.25, 0.3) is 0 Å². The minimum atomic E-state index is -1.02. The lowest BCUT2D eigenvalue weighted by atomic mass is 10.0. The summed E-state index contributed by atoms with van der Waals surface area (Å²) in [4.78, 5) is 52.9. The summed E-state index contributed by atoms with van der Waals surface area (Å²) in [6.07, 6.45) is 5.46. The van der Waals surface area contributed by atoms with Crippen LogP contribution in [0.2, 0.25) is 0 Å². The van der Waals surface area contributed by atoms with Crippen LogP contribution < -0.4 is 5.69 Å². The van der Waals surface area contributed by atoms with Crippen molar-refractivity contribution in [3.8, 4) is 16.9 Å². The number of carbonyl (C=O) groups is 2. The van der Waals surface area contributed by atoms with E-state index in [9.17, 15) is 19.5 Å². The molecule has 214 valence electrons. The van der Waals surface area contributed by atoms with Gasteiger partial charge in [0.15, 0.2) is 5.65 Å². The number of esters is 1. The number of benzene rings is 1. The Balaban J connectivity index is 1.29. The molecule has 1 N–H and O–H groups in total. The topological polar surface area (TPSA) is 137 Å². The minimum Gasteiger partial charge on any atom is -0.477 e. The Kier molecular flexibility index (Phi) is 6.91. The van der Waals surface area contributed by atoms with Crippen LogP contribution in [-0.4, -0.2) is 70.8 Å². The lowest BCUT2D eigenvalue weighted by Crippen LogP contribution is -2.29. The highest BCUT2D eigenvalue weighted by Crippen LogP contribution is 2.28. The molecule has 0 amide bonds. The van der Waals surface area contributed by atoms with Gasteiger partial charge in [-0.2, -0.15) is 0 Å². The second-order valence-electron chi connectivity index (χ2n) is 10.4. The molecule has 0 spiro atoms. The first-order chi connectivity index (χ1) is 20.3.